The molecule has 0 unspecified atom stereocenters. The minimum atomic E-state index is -0.758. The van der Waals surface area contributed by atoms with E-state index in [2.05, 4.69) is 4.90 Å². The highest BCUT2D eigenvalue weighted by Crippen LogP contribution is 2.27. The normalized spacial score (nSPS) is 20.1. The molecule has 120 valence electrons. The maximum Gasteiger partial charge on any atom is 0.320 e. The minimum Gasteiger partial charge on any atom is -0.481 e. The topological polar surface area (TPSA) is 64.1 Å². The molecule has 2 amide bonds. The smallest absolute Gasteiger partial charge is 0.320 e. The number of amides is 2. The van der Waals surface area contributed by atoms with Gasteiger partial charge in [-0.2, -0.15) is 0 Å². The van der Waals surface area contributed by atoms with Crippen LogP contribution in [-0.2, 0) is 4.79 Å². The Bertz CT molecular complexity index is 363. The Morgan fingerprint density at radius 3 is 2.33 bits per heavy atom. The number of hydrogen-bond acceptors (Lipinski definition) is 3. The number of piperazine rings is 1. The maximum absolute atomic E-state index is 12.5. The van der Waals surface area contributed by atoms with Crippen LogP contribution in [0.5, 0.6) is 0 Å². The van der Waals surface area contributed by atoms with Crippen LogP contribution in [0.2, 0.25) is 0 Å². The van der Waals surface area contributed by atoms with Crippen LogP contribution in [0, 0.1) is 5.92 Å². The average molecular weight is 297 g/mol. The lowest BCUT2D eigenvalue weighted by atomic mass is 9.85. The van der Waals surface area contributed by atoms with E-state index in [1.165, 1.54) is 19.3 Å². The fourth-order valence-electron chi connectivity index (χ4n) is 2.95. The zero-order chi connectivity index (χ0) is 15.2. The molecular weight excluding hydrogens is 270 g/mol. The second kappa shape index (κ2) is 7.64. The Morgan fingerprint density at radius 2 is 1.86 bits per heavy atom. The Morgan fingerprint density at radius 1 is 1.19 bits per heavy atom. The molecule has 1 heterocycles. The SMILES string of the molecule is CCN(CC1CCC1)C(=O)N1CCN(CCC(=O)O)CC1. The van der Waals surface area contributed by atoms with Crippen molar-refractivity contribution in [2.45, 2.75) is 32.6 Å². The van der Waals surface area contributed by atoms with E-state index in [1.807, 2.05) is 16.7 Å². The van der Waals surface area contributed by atoms with Crippen LogP contribution in [0.25, 0.3) is 0 Å². The number of carboxylic acids is 1. The van der Waals surface area contributed by atoms with Crippen LogP contribution in [-0.4, -0.2) is 77.6 Å². The van der Waals surface area contributed by atoms with Crippen molar-refractivity contribution in [3.63, 3.8) is 0 Å². The summed E-state index contributed by atoms with van der Waals surface area (Å²) in [6.45, 7) is 7.26. The van der Waals surface area contributed by atoms with Crippen molar-refractivity contribution in [3.05, 3.63) is 0 Å². The van der Waals surface area contributed by atoms with E-state index in [4.69, 9.17) is 5.11 Å². The first-order chi connectivity index (χ1) is 10.1. The van der Waals surface area contributed by atoms with E-state index in [9.17, 15) is 9.59 Å². The van der Waals surface area contributed by atoms with Gasteiger partial charge in [0.15, 0.2) is 0 Å². The van der Waals surface area contributed by atoms with Crippen molar-refractivity contribution in [1.29, 1.82) is 0 Å². The average Bonchev–Trinajstić information content (AvgIpc) is 2.44. The van der Waals surface area contributed by atoms with Crippen molar-refractivity contribution in [2.75, 3.05) is 45.8 Å². The van der Waals surface area contributed by atoms with Gasteiger partial charge in [0, 0.05) is 45.8 Å². The lowest BCUT2D eigenvalue weighted by molar-refractivity contribution is -0.137. The Balaban J connectivity index is 1.74. The third-order valence-electron chi connectivity index (χ3n) is 4.64. The van der Waals surface area contributed by atoms with E-state index in [-0.39, 0.29) is 12.5 Å². The Hall–Kier alpha value is -1.30. The maximum atomic E-state index is 12.5. The van der Waals surface area contributed by atoms with Crippen LogP contribution in [0.15, 0.2) is 0 Å². The van der Waals surface area contributed by atoms with Crippen LogP contribution >= 0.6 is 0 Å². The molecule has 1 saturated carbocycles. The summed E-state index contributed by atoms with van der Waals surface area (Å²) in [6, 6.07) is 0.155. The van der Waals surface area contributed by atoms with Gasteiger partial charge in [0.25, 0.3) is 0 Å². The molecule has 0 atom stereocenters. The van der Waals surface area contributed by atoms with Crippen molar-refractivity contribution in [2.24, 2.45) is 5.92 Å². The van der Waals surface area contributed by atoms with E-state index in [0.717, 1.165) is 26.2 Å². The van der Waals surface area contributed by atoms with E-state index in [1.54, 1.807) is 0 Å². The van der Waals surface area contributed by atoms with E-state index < -0.39 is 5.97 Å². The summed E-state index contributed by atoms with van der Waals surface area (Å²) in [5, 5.41) is 8.70. The number of urea groups is 1. The molecule has 2 fully saturated rings. The van der Waals surface area contributed by atoms with E-state index >= 15 is 0 Å². The minimum absolute atomic E-state index is 0.155. The molecule has 1 aliphatic heterocycles. The van der Waals surface area contributed by atoms with E-state index in [0.29, 0.717) is 25.6 Å². The lowest BCUT2D eigenvalue weighted by Gasteiger charge is -2.39. The predicted octanol–water partition coefficient (Wildman–Crippen LogP) is 1.32. The monoisotopic (exact) mass is 297 g/mol. The number of hydrogen-bond donors (Lipinski definition) is 1. The molecule has 6 nitrogen and oxygen atoms in total. The molecule has 21 heavy (non-hydrogen) atoms. The van der Waals surface area contributed by atoms with Crippen LogP contribution in [0.3, 0.4) is 0 Å². The Labute approximate surface area is 126 Å². The van der Waals surface area contributed by atoms with Gasteiger partial charge in [0.1, 0.15) is 0 Å². The van der Waals surface area contributed by atoms with Crippen molar-refractivity contribution >= 4 is 12.0 Å². The lowest BCUT2D eigenvalue weighted by Crippen LogP contribution is -2.53. The predicted molar refractivity (Wildman–Crippen MR) is 80.2 cm³/mol. The number of rotatable bonds is 6. The van der Waals surface area contributed by atoms with Gasteiger partial charge in [-0.3, -0.25) is 9.69 Å². The molecule has 1 N–H and O–H groups in total. The van der Waals surface area contributed by atoms with Gasteiger partial charge in [-0.25, -0.2) is 4.79 Å². The molecule has 1 aliphatic carbocycles. The van der Waals surface area contributed by atoms with Crippen LogP contribution in [0.4, 0.5) is 4.79 Å². The van der Waals surface area contributed by atoms with Gasteiger partial charge >= 0.3 is 12.0 Å². The zero-order valence-corrected chi connectivity index (χ0v) is 13.0. The number of carboxylic acid groups (broad SMARTS) is 1. The third kappa shape index (κ3) is 4.59. The van der Waals surface area contributed by atoms with Crippen molar-refractivity contribution in [1.82, 2.24) is 14.7 Å². The first-order valence-corrected chi connectivity index (χ1v) is 8.08. The quantitative estimate of drug-likeness (QED) is 0.803. The number of carbonyl (C=O) groups excluding carboxylic acids is 1. The van der Waals surface area contributed by atoms with Crippen LogP contribution < -0.4 is 0 Å². The molecular formula is C15H27N3O3. The van der Waals surface area contributed by atoms with Gasteiger partial charge in [-0.15, -0.1) is 0 Å². The summed E-state index contributed by atoms with van der Waals surface area (Å²) in [6.07, 6.45) is 3.99. The van der Waals surface area contributed by atoms with Crippen LogP contribution in [0.1, 0.15) is 32.6 Å². The summed E-state index contributed by atoms with van der Waals surface area (Å²) >= 11 is 0. The van der Waals surface area contributed by atoms with Gasteiger partial charge < -0.3 is 14.9 Å². The fraction of sp³-hybridized carbons (Fsp3) is 0.867. The Kier molecular flexibility index (Phi) is 5.85. The van der Waals surface area contributed by atoms with Gasteiger partial charge in [-0.1, -0.05) is 6.42 Å². The molecule has 0 aromatic heterocycles. The van der Waals surface area contributed by atoms with Crippen molar-refractivity contribution < 1.29 is 14.7 Å². The summed E-state index contributed by atoms with van der Waals surface area (Å²) in [5.74, 6) is -0.0584. The number of carbonyl (C=O) groups is 2. The standard InChI is InChI=1S/C15H27N3O3/c1-2-17(12-13-4-3-5-13)15(21)18-10-8-16(9-11-18)7-6-14(19)20/h13H,2-12H2,1H3,(H,19,20). The van der Waals surface area contributed by atoms with Gasteiger partial charge in [-0.05, 0) is 25.7 Å². The van der Waals surface area contributed by atoms with Gasteiger partial charge in [0.2, 0.25) is 0 Å². The third-order valence-corrected chi connectivity index (χ3v) is 4.64. The first-order valence-electron chi connectivity index (χ1n) is 8.08. The molecule has 1 saturated heterocycles. The summed E-state index contributed by atoms with van der Waals surface area (Å²) in [4.78, 5) is 29.1. The summed E-state index contributed by atoms with van der Waals surface area (Å²) in [7, 11) is 0. The highest BCUT2D eigenvalue weighted by Gasteiger charge is 2.27. The second-order valence-corrected chi connectivity index (χ2v) is 6.09. The summed E-state index contributed by atoms with van der Waals surface area (Å²) in [5.41, 5.74) is 0. The number of nitrogens with zero attached hydrogens (tertiary/aromatic N) is 3. The second-order valence-electron chi connectivity index (χ2n) is 6.09. The molecule has 2 aliphatic rings. The zero-order valence-electron chi connectivity index (χ0n) is 13.0. The van der Waals surface area contributed by atoms with Gasteiger partial charge in [0.05, 0.1) is 6.42 Å². The molecule has 0 aromatic rings. The first kappa shape index (κ1) is 16.1. The molecule has 0 bridgehead atoms. The molecule has 0 spiro atoms. The highest BCUT2D eigenvalue weighted by molar-refractivity contribution is 5.74. The number of aliphatic carboxylic acids is 1. The highest BCUT2D eigenvalue weighted by atomic mass is 16.4. The summed E-state index contributed by atoms with van der Waals surface area (Å²) < 4.78 is 0. The molecule has 6 heteroatoms. The largest absolute Gasteiger partial charge is 0.481 e. The molecule has 0 radical (unpaired) electrons. The molecule has 2 rings (SSSR count). The van der Waals surface area contributed by atoms with Crippen molar-refractivity contribution in [3.8, 4) is 0 Å². The molecule has 0 aromatic carbocycles. The fourth-order valence-corrected chi connectivity index (χ4v) is 2.95.